The van der Waals surface area contributed by atoms with E-state index in [9.17, 15) is 18.8 Å². The Morgan fingerprint density at radius 3 is 2.44 bits per heavy atom. The fourth-order valence-corrected chi connectivity index (χ4v) is 3.33. The molecule has 2 aromatic rings. The van der Waals surface area contributed by atoms with E-state index in [1.54, 1.807) is 6.92 Å². The number of amides is 1. The highest BCUT2D eigenvalue weighted by Crippen LogP contribution is 2.32. The molecule has 27 heavy (non-hydrogen) atoms. The molecular weight excluding hydrogens is 375 g/mol. The van der Waals surface area contributed by atoms with Crippen LogP contribution < -0.4 is 11.1 Å². The summed E-state index contributed by atoms with van der Waals surface area (Å²) in [5.41, 5.74) is 6.66. The van der Waals surface area contributed by atoms with Crippen LogP contribution in [-0.4, -0.2) is 31.5 Å². The topological polar surface area (TPSA) is 108 Å². The quantitative estimate of drug-likeness (QED) is 0.698. The van der Waals surface area contributed by atoms with Gasteiger partial charge in [-0.2, -0.15) is 0 Å². The van der Waals surface area contributed by atoms with Gasteiger partial charge in [-0.05, 0) is 24.6 Å². The van der Waals surface area contributed by atoms with Crippen molar-refractivity contribution in [3.8, 4) is 0 Å². The van der Waals surface area contributed by atoms with Gasteiger partial charge in [0.2, 0.25) is 0 Å². The monoisotopic (exact) mass is 394 g/mol. The predicted molar refractivity (Wildman–Crippen MR) is 98.0 cm³/mol. The first-order chi connectivity index (χ1) is 12.9. The second kappa shape index (κ2) is 9.13. The molecule has 1 aromatic heterocycles. The van der Waals surface area contributed by atoms with E-state index < -0.39 is 23.7 Å². The second-order valence-electron chi connectivity index (χ2n) is 5.41. The lowest BCUT2D eigenvalue weighted by Crippen LogP contribution is -2.20. The molecule has 0 saturated carbocycles. The Labute approximate surface area is 159 Å². The van der Waals surface area contributed by atoms with Crippen molar-refractivity contribution in [3.63, 3.8) is 0 Å². The maximum absolute atomic E-state index is 12.9. The number of carbonyl (C=O) groups is 3. The van der Waals surface area contributed by atoms with Crippen LogP contribution in [0.2, 0.25) is 0 Å². The number of halogens is 1. The van der Waals surface area contributed by atoms with E-state index in [2.05, 4.69) is 5.32 Å². The lowest BCUT2D eigenvalue weighted by Gasteiger charge is -2.09. The van der Waals surface area contributed by atoms with Gasteiger partial charge in [-0.25, -0.2) is 9.18 Å². The standard InChI is InChI=1S/C18H19FN2O5S/c1-3-25-18(24)14-12(15(17(23)21-2)27-16(14)20)9-26-13(22)8-10-4-6-11(19)7-5-10/h4-7H,3,8-9,20H2,1-2H3,(H,21,23). The molecule has 1 amide bonds. The van der Waals surface area contributed by atoms with Crippen molar-refractivity contribution in [2.45, 2.75) is 20.0 Å². The molecule has 0 radical (unpaired) electrons. The van der Waals surface area contributed by atoms with Gasteiger partial charge in [0.15, 0.2) is 0 Å². The molecule has 7 nitrogen and oxygen atoms in total. The lowest BCUT2D eigenvalue weighted by molar-refractivity contribution is -0.144. The van der Waals surface area contributed by atoms with E-state index in [0.29, 0.717) is 5.56 Å². The van der Waals surface area contributed by atoms with Gasteiger partial charge in [0.05, 0.1) is 13.0 Å². The average molecular weight is 394 g/mol. The summed E-state index contributed by atoms with van der Waals surface area (Å²) in [5.74, 6) is -2.14. The maximum Gasteiger partial charge on any atom is 0.341 e. The minimum Gasteiger partial charge on any atom is -0.462 e. The van der Waals surface area contributed by atoms with Gasteiger partial charge in [-0.3, -0.25) is 9.59 Å². The highest BCUT2D eigenvalue weighted by atomic mass is 32.1. The fourth-order valence-electron chi connectivity index (χ4n) is 2.32. The van der Waals surface area contributed by atoms with Crippen LogP contribution in [0.1, 0.15) is 38.1 Å². The molecule has 0 spiro atoms. The maximum atomic E-state index is 12.9. The molecular formula is C18H19FN2O5S. The first-order valence-corrected chi connectivity index (χ1v) is 8.89. The smallest absolute Gasteiger partial charge is 0.341 e. The number of hydrogen-bond acceptors (Lipinski definition) is 7. The number of hydrogen-bond donors (Lipinski definition) is 2. The summed E-state index contributed by atoms with van der Waals surface area (Å²) in [5, 5.41) is 2.56. The Bertz CT molecular complexity index is 848. The summed E-state index contributed by atoms with van der Waals surface area (Å²) in [6, 6.07) is 5.42. The summed E-state index contributed by atoms with van der Waals surface area (Å²) in [6.45, 7) is 1.46. The number of nitrogens with one attached hydrogen (secondary N) is 1. The molecule has 0 saturated heterocycles. The number of nitrogens with two attached hydrogens (primary N) is 1. The first kappa shape index (κ1) is 20.4. The highest BCUT2D eigenvalue weighted by Gasteiger charge is 2.27. The fraction of sp³-hybridized carbons (Fsp3) is 0.278. The van der Waals surface area contributed by atoms with Crippen LogP contribution in [0.3, 0.4) is 0 Å². The molecule has 3 N–H and O–H groups in total. The van der Waals surface area contributed by atoms with Gasteiger partial charge in [0.1, 0.15) is 27.9 Å². The zero-order valence-corrected chi connectivity index (χ0v) is 15.7. The van der Waals surface area contributed by atoms with Crippen LogP contribution in [0.4, 0.5) is 9.39 Å². The normalized spacial score (nSPS) is 10.3. The van der Waals surface area contributed by atoms with Crippen molar-refractivity contribution in [3.05, 3.63) is 51.7 Å². The Hall–Kier alpha value is -2.94. The third-order valence-electron chi connectivity index (χ3n) is 3.59. The largest absolute Gasteiger partial charge is 0.462 e. The molecule has 0 fully saturated rings. The SMILES string of the molecule is CCOC(=O)c1c(N)sc(C(=O)NC)c1COC(=O)Cc1ccc(F)cc1. The number of esters is 2. The van der Waals surface area contributed by atoms with E-state index in [0.717, 1.165) is 11.3 Å². The number of thiophene rings is 1. The van der Waals surface area contributed by atoms with Gasteiger partial charge >= 0.3 is 11.9 Å². The average Bonchev–Trinajstić information content (AvgIpc) is 2.97. The molecule has 9 heteroatoms. The summed E-state index contributed by atoms with van der Waals surface area (Å²) in [6.07, 6.45) is -0.0794. The third kappa shape index (κ3) is 5.04. The van der Waals surface area contributed by atoms with Gasteiger partial charge in [-0.15, -0.1) is 11.3 Å². The molecule has 144 valence electrons. The van der Waals surface area contributed by atoms with Crippen molar-refractivity contribution in [1.29, 1.82) is 0 Å². The Kier molecular flexibility index (Phi) is 6.89. The number of carbonyl (C=O) groups excluding carboxylic acids is 3. The van der Waals surface area contributed by atoms with Crippen LogP contribution in [-0.2, 0) is 27.3 Å². The lowest BCUT2D eigenvalue weighted by atomic mass is 10.1. The van der Waals surface area contributed by atoms with Crippen LogP contribution in [0.15, 0.2) is 24.3 Å². The van der Waals surface area contributed by atoms with E-state index in [1.165, 1.54) is 31.3 Å². The highest BCUT2D eigenvalue weighted by molar-refractivity contribution is 7.18. The first-order valence-electron chi connectivity index (χ1n) is 8.07. The molecule has 0 aliphatic heterocycles. The summed E-state index contributed by atoms with van der Waals surface area (Å²) in [7, 11) is 1.44. The van der Waals surface area contributed by atoms with E-state index >= 15 is 0 Å². The van der Waals surface area contributed by atoms with Crippen LogP contribution in [0, 0.1) is 5.82 Å². The number of rotatable bonds is 7. The second-order valence-corrected chi connectivity index (χ2v) is 6.46. The molecule has 0 aliphatic rings. The van der Waals surface area contributed by atoms with Crippen LogP contribution in [0.5, 0.6) is 0 Å². The van der Waals surface area contributed by atoms with E-state index in [-0.39, 0.29) is 40.6 Å². The number of anilines is 1. The van der Waals surface area contributed by atoms with Crippen molar-refractivity contribution in [1.82, 2.24) is 5.32 Å². The van der Waals surface area contributed by atoms with Gasteiger partial charge in [0, 0.05) is 12.6 Å². The van der Waals surface area contributed by atoms with Crippen LogP contribution in [0.25, 0.3) is 0 Å². The van der Waals surface area contributed by atoms with Crippen molar-refractivity contribution in [2.24, 2.45) is 0 Å². The molecule has 0 unspecified atom stereocenters. The van der Waals surface area contributed by atoms with Crippen molar-refractivity contribution in [2.75, 3.05) is 19.4 Å². The van der Waals surface area contributed by atoms with Gasteiger partial charge < -0.3 is 20.5 Å². The molecule has 1 aromatic carbocycles. The van der Waals surface area contributed by atoms with Crippen LogP contribution >= 0.6 is 11.3 Å². The summed E-state index contributed by atoms with van der Waals surface area (Å²) in [4.78, 5) is 36.5. The molecule has 0 bridgehead atoms. The van der Waals surface area contributed by atoms with Crippen molar-refractivity contribution >= 4 is 34.2 Å². The van der Waals surface area contributed by atoms with Crippen molar-refractivity contribution < 1.29 is 28.2 Å². The number of nitrogen functional groups attached to an aromatic ring is 1. The molecule has 0 atom stereocenters. The molecule has 0 aliphatic carbocycles. The Morgan fingerprint density at radius 1 is 1.19 bits per heavy atom. The molecule has 2 rings (SSSR count). The summed E-state index contributed by atoms with van der Waals surface area (Å²) >= 11 is 0.917. The zero-order valence-electron chi connectivity index (χ0n) is 14.8. The Balaban J connectivity index is 2.19. The zero-order chi connectivity index (χ0) is 20.0. The Morgan fingerprint density at radius 2 is 1.85 bits per heavy atom. The van der Waals surface area contributed by atoms with E-state index in [4.69, 9.17) is 15.2 Å². The predicted octanol–water partition coefficient (Wildman–Crippen LogP) is 2.29. The molecule has 1 heterocycles. The summed E-state index contributed by atoms with van der Waals surface area (Å²) < 4.78 is 23.1. The minimum absolute atomic E-state index is 0.0232. The number of ether oxygens (including phenoxy) is 2. The van der Waals surface area contributed by atoms with Gasteiger partial charge in [0.25, 0.3) is 5.91 Å². The number of benzene rings is 1. The van der Waals surface area contributed by atoms with Gasteiger partial charge in [-0.1, -0.05) is 12.1 Å². The van der Waals surface area contributed by atoms with E-state index in [1.807, 2.05) is 0 Å². The third-order valence-corrected chi connectivity index (χ3v) is 4.65. The minimum atomic E-state index is -0.689.